The number of hydrogen-bond acceptors (Lipinski definition) is 4. The van der Waals surface area contributed by atoms with Crippen LogP contribution in [0.15, 0.2) is 0 Å². The maximum Gasteiger partial charge on any atom is 0.217 e. The van der Waals surface area contributed by atoms with Gasteiger partial charge in [-0.15, -0.1) is 0 Å². The molecule has 0 aromatic heterocycles. The van der Waals surface area contributed by atoms with Crippen LogP contribution in [0.5, 0.6) is 0 Å². The first-order valence-electron chi connectivity index (χ1n) is 7.73. The molecule has 1 aliphatic heterocycles. The summed E-state index contributed by atoms with van der Waals surface area (Å²) in [6.07, 6.45) is 4.91. The highest BCUT2D eigenvalue weighted by molar-refractivity contribution is 7.89. The Balaban J connectivity index is 1.89. The number of aliphatic hydroxyl groups is 1. The lowest BCUT2D eigenvalue weighted by molar-refractivity contribution is 0.0262. The molecule has 0 bridgehead atoms. The minimum absolute atomic E-state index is 0.155. The van der Waals surface area contributed by atoms with Crippen molar-refractivity contribution in [2.24, 2.45) is 0 Å². The van der Waals surface area contributed by atoms with Crippen molar-refractivity contribution >= 4 is 10.0 Å². The summed E-state index contributed by atoms with van der Waals surface area (Å²) in [6.45, 7) is 6.75. The van der Waals surface area contributed by atoms with Crippen molar-refractivity contribution in [3.8, 4) is 0 Å². The lowest BCUT2D eigenvalue weighted by Crippen LogP contribution is -2.53. The number of rotatable bonds is 4. The molecule has 1 saturated carbocycles. The fourth-order valence-corrected chi connectivity index (χ4v) is 5.29. The second-order valence-electron chi connectivity index (χ2n) is 6.79. The minimum Gasteiger partial charge on any atom is -0.389 e. The molecule has 0 atom stereocenters. The summed E-state index contributed by atoms with van der Waals surface area (Å²) in [6, 6.07) is 0. The maximum atomic E-state index is 12.6. The first kappa shape index (κ1) is 16.2. The first-order valence-corrected chi connectivity index (χ1v) is 9.23. The van der Waals surface area contributed by atoms with E-state index in [1.54, 1.807) is 18.2 Å². The van der Waals surface area contributed by atoms with Crippen molar-refractivity contribution < 1.29 is 13.5 Å². The van der Waals surface area contributed by atoms with E-state index in [0.717, 1.165) is 38.8 Å². The van der Waals surface area contributed by atoms with Crippen LogP contribution in [-0.2, 0) is 10.0 Å². The number of nitrogens with zero attached hydrogens (tertiary/aromatic N) is 2. The number of sulfonamides is 1. The Morgan fingerprint density at radius 3 is 2.10 bits per heavy atom. The quantitative estimate of drug-likeness (QED) is 0.843. The first-order chi connectivity index (χ1) is 9.29. The molecule has 1 heterocycles. The van der Waals surface area contributed by atoms with Gasteiger partial charge in [-0.2, -0.15) is 4.31 Å². The van der Waals surface area contributed by atoms with Crippen LogP contribution in [0.3, 0.4) is 0 Å². The van der Waals surface area contributed by atoms with E-state index in [-0.39, 0.29) is 5.25 Å². The average Bonchev–Trinajstić information content (AvgIpc) is 2.38. The third kappa shape index (κ3) is 4.16. The molecule has 2 rings (SSSR count). The molecule has 0 aromatic rings. The Labute approximate surface area is 123 Å². The summed E-state index contributed by atoms with van der Waals surface area (Å²) in [5.74, 6) is 0. The van der Waals surface area contributed by atoms with Gasteiger partial charge in [0.15, 0.2) is 0 Å². The fourth-order valence-electron chi connectivity index (χ4n) is 3.26. The van der Waals surface area contributed by atoms with Crippen LogP contribution < -0.4 is 0 Å². The Kier molecular flexibility index (Phi) is 5.10. The third-order valence-electron chi connectivity index (χ3n) is 4.28. The zero-order valence-corrected chi connectivity index (χ0v) is 13.5. The highest BCUT2D eigenvalue weighted by Gasteiger charge is 2.35. The molecule has 1 aliphatic carbocycles. The lowest BCUT2D eigenvalue weighted by Gasteiger charge is -2.38. The Bertz CT molecular complexity index is 403. The van der Waals surface area contributed by atoms with Crippen LogP contribution >= 0.6 is 0 Å². The zero-order chi connectivity index (χ0) is 14.8. The Morgan fingerprint density at radius 1 is 1.05 bits per heavy atom. The van der Waals surface area contributed by atoms with Crippen LogP contribution in [0.2, 0.25) is 0 Å². The highest BCUT2D eigenvalue weighted by atomic mass is 32.2. The number of piperazine rings is 1. The largest absolute Gasteiger partial charge is 0.389 e. The van der Waals surface area contributed by atoms with E-state index in [0.29, 0.717) is 19.6 Å². The van der Waals surface area contributed by atoms with Crippen molar-refractivity contribution in [3.05, 3.63) is 0 Å². The summed E-state index contributed by atoms with van der Waals surface area (Å²) >= 11 is 0. The van der Waals surface area contributed by atoms with Gasteiger partial charge in [-0.05, 0) is 26.7 Å². The summed E-state index contributed by atoms with van der Waals surface area (Å²) in [7, 11) is -3.11. The van der Waals surface area contributed by atoms with Crippen LogP contribution in [0.4, 0.5) is 0 Å². The molecule has 0 spiro atoms. The Morgan fingerprint density at radius 2 is 1.60 bits per heavy atom. The molecule has 0 aromatic carbocycles. The number of β-amino-alcohol motifs (C(OH)–C–C–N with tert-alkyl or cyclic N) is 1. The summed E-state index contributed by atoms with van der Waals surface area (Å²) in [5, 5.41) is 9.67. The van der Waals surface area contributed by atoms with Crippen LogP contribution in [0.1, 0.15) is 46.0 Å². The van der Waals surface area contributed by atoms with Gasteiger partial charge in [-0.25, -0.2) is 8.42 Å². The van der Waals surface area contributed by atoms with Gasteiger partial charge in [0, 0.05) is 32.7 Å². The third-order valence-corrected chi connectivity index (χ3v) is 6.67. The van der Waals surface area contributed by atoms with E-state index in [9.17, 15) is 13.5 Å². The number of hydrogen-bond donors (Lipinski definition) is 1. The van der Waals surface area contributed by atoms with Crippen molar-refractivity contribution in [2.75, 3.05) is 32.7 Å². The molecule has 1 saturated heterocycles. The van der Waals surface area contributed by atoms with E-state index in [1.807, 2.05) is 0 Å². The van der Waals surface area contributed by atoms with Gasteiger partial charge in [0.1, 0.15) is 0 Å². The van der Waals surface area contributed by atoms with Gasteiger partial charge in [-0.3, -0.25) is 4.90 Å². The predicted octanol–water partition coefficient (Wildman–Crippen LogP) is 1.04. The second kappa shape index (κ2) is 6.30. The summed E-state index contributed by atoms with van der Waals surface area (Å²) in [5.41, 5.74) is -0.718. The topological polar surface area (TPSA) is 60.9 Å². The fraction of sp³-hybridized carbons (Fsp3) is 1.00. The molecule has 1 N–H and O–H groups in total. The molecule has 2 aliphatic rings. The SMILES string of the molecule is CC(C)(O)CN1CCN(S(=O)(=O)C2CCCCC2)CC1. The standard InChI is InChI=1S/C14H28N2O3S/c1-14(2,17)12-15-8-10-16(11-9-15)20(18,19)13-6-4-3-5-7-13/h13,17H,3-12H2,1-2H3. The Hall–Kier alpha value is -0.170. The van der Waals surface area contributed by atoms with Crippen molar-refractivity contribution in [2.45, 2.75) is 56.8 Å². The highest BCUT2D eigenvalue weighted by Crippen LogP contribution is 2.26. The van der Waals surface area contributed by atoms with Crippen LogP contribution in [-0.4, -0.2) is 66.3 Å². The minimum atomic E-state index is -3.11. The molecule has 2 fully saturated rings. The van der Waals surface area contributed by atoms with Gasteiger partial charge in [-0.1, -0.05) is 19.3 Å². The van der Waals surface area contributed by atoms with Crippen LogP contribution in [0, 0.1) is 0 Å². The molecule has 0 amide bonds. The van der Waals surface area contributed by atoms with Crippen molar-refractivity contribution in [1.29, 1.82) is 0 Å². The van der Waals surface area contributed by atoms with E-state index in [2.05, 4.69) is 4.90 Å². The smallest absolute Gasteiger partial charge is 0.217 e. The van der Waals surface area contributed by atoms with Gasteiger partial charge in [0.25, 0.3) is 0 Å². The van der Waals surface area contributed by atoms with Gasteiger partial charge in [0.2, 0.25) is 10.0 Å². The van der Waals surface area contributed by atoms with Crippen molar-refractivity contribution in [3.63, 3.8) is 0 Å². The molecule has 20 heavy (non-hydrogen) atoms. The molecule has 0 unspecified atom stereocenters. The van der Waals surface area contributed by atoms with E-state index in [4.69, 9.17) is 0 Å². The zero-order valence-electron chi connectivity index (χ0n) is 12.7. The molecular formula is C14H28N2O3S. The van der Waals surface area contributed by atoms with Crippen LogP contribution in [0.25, 0.3) is 0 Å². The van der Waals surface area contributed by atoms with E-state index >= 15 is 0 Å². The normalized spacial score (nSPS) is 24.9. The second-order valence-corrected chi connectivity index (χ2v) is 9.01. The average molecular weight is 304 g/mol. The van der Waals surface area contributed by atoms with E-state index < -0.39 is 15.6 Å². The van der Waals surface area contributed by atoms with Gasteiger partial charge < -0.3 is 5.11 Å². The maximum absolute atomic E-state index is 12.6. The summed E-state index contributed by atoms with van der Waals surface area (Å²) < 4.78 is 26.9. The van der Waals surface area contributed by atoms with E-state index in [1.165, 1.54) is 6.42 Å². The monoisotopic (exact) mass is 304 g/mol. The molecule has 5 nitrogen and oxygen atoms in total. The predicted molar refractivity (Wildman–Crippen MR) is 80.1 cm³/mol. The molecule has 0 radical (unpaired) electrons. The van der Waals surface area contributed by atoms with Gasteiger partial charge >= 0.3 is 0 Å². The molecular weight excluding hydrogens is 276 g/mol. The molecule has 6 heteroatoms. The molecule has 118 valence electrons. The van der Waals surface area contributed by atoms with Gasteiger partial charge in [0.05, 0.1) is 10.9 Å². The summed E-state index contributed by atoms with van der Waals surface area (Å²) in [4.78, 5) is 2.15. The van der Waals surface area contributed by atoms with Crippen molar-refractivity contribution in [1.82, 2.24) is 9.21 Å². The lowest BCUT2D eigenvalue weighted by atomic mass is 10.0.